The number of benzene rings is 1. The standard InChI is InChI=1S/C20H32N4O3.HI/c1-3-21-19(23-15-20(12-13-27-2)10-4-5-11-20)22-14-18(26)24-16-6-8-17(25)9-7-16;/h6-9,25H,3-5,10-15H2,1-2H3,(H,24,26)(H2,21,22,23);1H. The van der Waals surface area contributed by atoms with Gasteiger partial charge in [0.1, 0.15) is 12.3 Å². The highest BCUT2D eigenvalue weighted by atomic mass is 127. The second kappa shape index (κ2) is 12.8. The van der Waals surface area contributed by atoms with Crippen molar-refractivity contribution in [2.75, 3.05) is 38.7 Å². The Labute approximate surface area is 184 Å². The van der Waals surface area contributed by atoms with Gasteiger partial charge in [-0.05, 0) is 55.9 Å². The fourth-order valence-electron chi connectivity index (χ4n) is 3.47. The Morgan fingerprint density at radius 2 is 1.89 bits per heavy atom. The highest BCUT2D eigenvalue weighted by Crippen LogP contribution is 2.40. The van der Waals surface area contributed by atoms with Gasteiger partial charge >= 0.3 is 0 Å². The highest BCUT2D eigenvalue weighted by Gasteiger charge is 2.33. The van der Waals surface area contributed by atoms with Gasteiger partial charge in [0.15, 0.2) is 5.96 Å². The summed E-state index contributed by atoms with van der Waals surface area (Å²) in [5, 5.41) is 18.7. The zero-order valence-electron chi connectivity index (χ0n) is 16.8. The first-order valence-corrected chi connectivity index (χ1v) is 9.67. The number of carbonyl (C=O) groups excluding carboxylic acids is 1. The van der Waals surface area contributed by atoms with E-state index >= 15 is 0 Å². The van der Waals surface area contributed by atoms with Crippen molar-refractivity contribution in [3.8, 4) is 5.75 Å². The molecule has 1 aliphatic carbocycles. The number of phenols is 1. The van der Waals surface area contributed by atoms with Gasteiger partial charge in [-0.15, -0.1) is 24.0 Å². The summed E-state index contributed by atoms with van der Waals surface area (Å²) in [5.74, 6) is 0.619. The molecule has 1 aliphatic rings. The van der Waals surface area contributed by atoms with Crippen LogP contribution in [0.25, 0.3) is 0 Å². The number of nitrogens with one attached hydrogen (secondary N) is 3. The van der Waals surface area contributed by atoms with Crippen LogP contribution in [0, 0.1) is 5.41 Å². The number of nitrogens with zero attached hydrogens (tertiary/aromatic N) is 1. The van der Waals surface area contributed by atoms with Gasteiger partial charge in [0.25, 0.3) is 0 Å². The van der Waals surface area contributed by atoms with Crippen LogP contribution in [0.15, 0.2) is 29.3 Å². The van der Waals surface area contributed by atoms with Crippen molar-refractivity contribution in [3.63, 3.8) is 0 Å². The number of aliphatic imine (C=N–C) groups is 1. The van der Waals surface area contributed by atoms with Crippen LogP contribution in [0.1, 0.15) is 39.0 Å². The summed E-state index contributed by atoms with van der Waals surface area (Å²) >= 11 is 0. The summed E-state index contributed by atoms with van der Waals surface area (Å²) in [6.45, 7) is 4.37. The Morgan fingerprint density at radius 1 is 1.21 bits per heavy atom. The summed E-state index contributed by atoms with van der Waals surface area (Å²) in [7, 11) is 1.74. The molecule has 0 heterocycles. The number of phenolic OH excluding ortho intramolecular Hbond substituents is 1. The number of carbonyl (C=O) groups is 1. The van der Waals surface area contributed by atoms with Crippen molar-refractivity contribution in [1.29, 1.82) is 0 Å². The molecule has 0 radical (unpaired) electrons. The van der Waals surface area contributed by atoms with Crippen LogP contribution < -0.4 is 16.0 Å². The SMILES string of the molecule is CCNC(=NCC(=O)Nc1ccc(O)cc1)NCC1(CCOC)CCCC1.I. The van der Waals surface area contributed by atoms with Crippen LogP contribution in [-0.2, 0) is 9.53 Å². The largest absolute Gasteiger partial charge is 0.508 e. The highest BCUT2D eigenvalue weighted by molar-refractivity contribution is 14.0. The molecule has 158 valence electrons. The predicted octanol–water partition coefficient (Wildman–Crippen LogP) is 3.10. The zero-order chi connectivity index (χ0) is 19.5. The summed E-state index contributed by atoms with van der Waals surface area (Å²) in [4.78, 5) is 16.5. The van der Waals surface area contributed by atoms with E-state index in [2.05, 4.69) is 20.9 Å². The number of aromatic hydroxyl groups is 1. The van der Waals surface area contributed by atoms with Gasteiger partial charge in [-0.1, -0.05) is 12.8 Å². The molecular weight excluding hydrogens is 471 g/mol. The van der Waals surface area contributed by atoms with Gasteiger partial charge in [-0.25, -0.2) is 4.99 Å². The molecule has 0 spiro atoms. The number of ether oxygens (including phenoxy) is 1. The lowest BCUT2D eigenvalue weighted by atomic mass is 9.83. The summed E-state index contributed by atoms with van der Waals surface area (Å²) in [5.41, 5.74) is 0.885. The summed E-state index contributed by atoms with van der Waals surface area (Å²) in [6, 6.07) is 6.37. The number of halogens is 1. The average Bonchev–Trinajstić information content (AvgIpc) is 3.13. The Balaban J connectivity index is 0.00000392. The van der Waals surface area contributed by atoms with Crippen molar-refractivity contribution >= 4 is 41.5 Å². The lowest BCUT2D eigenvalue weighted by Crippen LogP contribution is -2.43. The summed E-state index contributed by atoms with van der Waals surface area (Å²) < 4.78 is 5.28. The van der Waals surface area contributed by atoms with E-state index in [1.807, 2.05) is 6.92 Å². The first-order chi connectivity index (χ1) is 13.1. The third-order valence-corrected chi connectivity index (χ3v) is 5.01. The van der Waals surface area contributed by atoms with Crippen molar-refractivity contribution < 1.29 is 14.6 Å². The zero-order valence-corrected chi connectivity index (χ0v) is 19.1. The number of rotatable bonds is 9. The van der Waals surface area contributed by atoms with E-state index in [1.165, 1.54) is 37.8 Å². The third kappa shape index (κ3) is 8.22. The van der Waals surface area contributed by atoms with Crippen LogP contribution >= 0.6 is 24.0 Å². The normalized spacial score (nSPS) is 15.6. The monoisotopic (exact) mass is 504 g/mol. The number of guanidine groups is 1. The van der Waals surface area contributed by atoms with Crippen LogP contribution in [0.5, 0.6) is 5.75 Å². The minimum absolute atomic E-state index is 0. The molecule has 0 aromatic heterocycles. The van der Waals surface area contributed by atoms with Crippen molar-refractivity contribution in [3.05, 3.63) is 24.3 Å². The average molecular weight is 504 g/mol. The topological polar surface area (TPSA) is 95.0 Å². The van der Waals surface area contributed by atoms with Gasteiger partial charge in [-0.3, -0.25) is 4.79 Å². The lowest BCUT2D eigenvalue weighted by molar-refractivity contribution is -0.114. The second-order valence-electron chi connectivity index (χ2n) is 7.09. The molecule has 1 aromatic carbocycles. The number of hydrogen-bond acceptors (Lipinski definition) is 4. The molecule has 2 rings (SSSR count). The van der Waals surface area contributed by atoms with Gasteiger partial charge in [0.2, 0.25) is 5.91 Å². The van der Waals surface area contributed by atoms with Crippen molar-refractivity contribution in [2.45, 2.75) is 39.0 Å². The van der Waals surface area contributed by atoms with E-state index in [0.29, 0.717) is 11.6 Å². The molecule has 0 saturated heterocycles. The summed E-state index contributed by atoms with van der Waals surface area (Å²) in [6.07, 6.45) is 5.95. The molecule has 0 bridgehead atoms. The fraction of sp³-hybridized carbons (Fsp3) is 0.600. The van der Waals surface area contributed by atoms with Crippen LogP contribution in [0.4, 0.5) is 5.69 Å². The van der Waals surface area contributed by atoms with Crippen LogP contribution in [0.3, 0.4) is 0 Å². The van der Waals surface area contributed by atoms with E-state index in [0.717, 1.165) is 26.1 Å². The smallest absolute Gasteiger partial charge is 0.246 e. The molecule has 8 heteroatoms. The maximum atomic E-state index is 12.1. The molecule has 4 N–H and O–H groups in total. The van der Waals surface area contributed by atoms with Gasteiger partial charge < -0.3 is 25.8 Å². The van der Waals surface area contributed by atoms with Crippen molar-refractivity contribution in [1.82, 2.24) is 10.6 Å². The number of hydrogen-bond donors (Lipinski definition) is 4. The number of methoxy groups -OCH3 is 1. The quantitative estimate of drug-likeness (QED) is 0.180. The maximum Gasteiger partial charge on any atom is 0.246 e. The van der Waals surface area contributed by atoms with Gasteiger partial charge in [-0.2, -0.15) is 0 Å². The molecule has 1 saturated carbocycles. The second-order valence-corrected chi connectivity index (χ2v) is 7.09. The first-order valence-electron chi connectivity index (χ1n) is 9.67. The van der Waals surface area contributed by atoms with E-state index in [4.69, 9.17) is 4.74 Å². The third-order valence-electron chi connectivity index (χ3n) is 5.01. The van der Waals surface area contributed by atoms with Crippen LogP contribution in [-0.4, -0.2) is 50.3 Å². The molecule has 1 fully saturated rings. The molecule has 0 atom stereocenters. The van der Waals surface area contributed by atoms with Gasteiger partial charge in [0, 0.05) is 32.5 Å². The van der Waals surface area contributed by atoms with E-state index in [9.17, 15) is 9.90 Å². The Kier molecular flexibility index (Phi) is 11.2. The molecular formula is C20H33IN4O3. The molecule has 7 nitrogen and oxygen atoms in total. The Hall–Kier alpha value is -1.55. The molecule has 0 unspecified atom stereocenters. The number of anilines is 1. The minimum atomic E-state index is -0.201. The first kappa shape index (κ1) is 24.5. The Morgan fingerprint density at radius 3 is 2.50 bits per heavy atom. The molecule has 1 aromatic rings. The number of amides is 1. The molecule has 28 heavy (non-hydrogen) atoms. The lowest BCUT2D eigenvalue weighted by Gasteiger charge is -2.29. The van der Waals surface area contributed by atoms with Crippen molar-refractivity contribution in [2.24, 2.45) is 10.4 Å². The molecule has 1 amide bonds. The van der Waals surface area contributed by atoms with Gasteiger partial charge in [0.05, 0.1) is 0 Å². The van der Waals surface area contributed by atoms with E-state index < -0.39 is 0 Å². The van der Waals surface area contributed by atoms with Crippen LogP contribution in [0.2, 0.25) is 0 Å². The van der Waals surface area contributed by atoms with E-state index in [1.54, 1.807) is 19.2 Å². The maximum absolute atomic E-state index is 12.1. The fourth-order valence-corrected chi connectivity index (χ4v) is 3.47. The van der Waals surface area contributed by atoms with E-state index in [-0.39, 0.29) is 47.6 Å². The predicted molar refractivity (Wildman–Crippen MR) is 124 cm³/mol. The Bertz CT molecular complexity index is 616. The molecule has 0 aliphatic heterocycles. The minimum Gasteiger partial charge on any atom is -0.508 e.